The van der Waals surface area contributed by atoms with E-state index in [1.54, 1.807) is 29.3 Å². The lowest BCUT2D eigenvalue weighted by Crippen LogP contribution is -2.51. The second kappa shape index (κ2) is 12.4. The maximum Gasteiger partial charge on any atom is 0.410 e. The molecule has 0 N–H and O–H groups in total. The number of benzene rings is 3. The number of nitrogens with zero attached hydrogens (tertiary/aromatic N) is 2. The Labute approximate surface area is 259 Å². The summed E-state index contributed by atoms with van der Waals surface area (Å²) in [4.78, 5) is 18.7. The molecule has 6 rings (SSSR count). The van der Waals surface area contributed by atoms with Gasteiger partial charge in [-0.1, -0.05) is 60.2 Å². The smallest absolute Gasteiger partial charge is 0.410 e. The molecule has 1 amide bonds. The highest BCUT2D eigenvalue weighted by atomic mass is 32.2. The van der Waals surface area contributed by atoms with Crippen LogP contribution in [0.5, 0.6) is 5.75 Å². The van der Waals surface area contributed by atoms with Gasteiger partial charge < -0.3 is 14.4 Å². The van der Waals surface area contributed by atoms with E-state index < -0.39 is 9.84 Å². The fraction of sp³-hybridized carbons (Fsp3) is 0.333. The minimum Gasteiger partial charge on any atom is -0.487 e. The predicted molar refractivity (Wildman–Crippen MR) is 171 cm³/mol. The molecule has 0 bridgehead atoms. The Bertz CT molecular complexity index is 1750. The van der Waals surface area contributed by atoms with Gasteiger partial charge in [0, 0.05) is 32.1 Å². The first-order valence-electron chi connectivity index (χ1n) is 15.2. The average molecular weight is 611 g/mol. The second-order valence-electron chi connectivity index (χ2n) is 12.1. The normalized spacial score (nSPS) is 15.8. The van der Waals surface area contributed by atoms with Crippen molar-refractivity contribution >= 4 is 15.9 Å². The third-order valence-electron chi connectivity index (χ3n) is 8.79. The molecule has 0 radical (unpaired) electrons. The van der Waals surface area contributed by atoms with Crippen LogP contribution in [-0.2, 0) is 39.1 Å². The molecule has 1 aromatic heterocycles. The van der Waals surface area contributed by atoms with Crippen LogP contribution in [0.3, 0.4) is 0 Å². The van der Waals surface area contributed by atoms with Crippen LogP contribution < -0.4 is 4.74 Å². The standard InChI is InChI=1S/C36H38N2O5S/c1-26-6-9-32(27(2)21-26)23-42-35(39)38-19-16-36(17-20-38)15-14-31-22-30(12-13-34(31)43-36)29-10-7-28(8-11-29)24-44(40,41)25-33-5-3-4-18-37-33/h3-13,18,21-22H,14-17,19-20,23-25H2,1-2H3. The second-order valence-corrected chi connectivity index (χ2v) is 14.2. The lowest BCUT2D eigenvalue weighted by atomic mass is 9.82. The molecule has 1 saturated heterocycles. The van der Waals surface area contributed by atoms with E-state index in [-0.39, 0.29) is 29.8 Å². The fourth-order valence-electron chi connectivity index (χ4n) is 6.20. The third kappa shape index (κ3) is 6.97. The molecule has 0 aliphatic carbocycles. The van der Waals surface area contributed by atoms with Crippen LogP contribution in [0.25, 0.3) is 11.1 Å². The van der Waals surface area contributed by atoms with Gasteiger partial charge in [0.15, 0.2) is 9.84 Å². The number of sulfone groups is 1. The number of rotatable bonds is 7. The zero-order valence-corrected chi connectivity index (χ0v) is 26.1. The van der Waals surface area contributed by atoms with Crippen molar-refractivity contribution in [1.29, 1.82) is 0 Å². The largest absolute Gasteiger partial charge is 0.487 e. The number of carbonyl (C=O) groups excluding carboxylic acids is 1. The van der Waals surface area contributed by atoms with Crippen molar-refractivity contribution in [3.63, 3.8) is 0 Å². The summed E-state index contributed by atoms with van der Waals surface area (Å²) in [6.45, 7) is 5.61. The lowest BCUT2D eigenvalue weighted by Gasteiger charge is -2.44. The summed E-state index contributed by atoms with van der Waals surface area (Å²) in [5.41, 5.74) is 7.69. The molecule has 3 aromatic carbocycles. The van der Waals surface area contributed by atoms with Crippen molar-refractivity contribution in [2.75, 3.05) is 13.1 Å². The highest BCUT2D eigenvalue weighted by molar-refractivity contribution is 7.89. The number of hydrogen-bond acceptors (Lipinski definition) is 6. The molecule has 0 saturated carbocycles. The Kier molecular flexibility index (Phi) is 8.45. The first-order valence-corrected chi connectivity index (χ1v) is 17.0. The number of amides is 1. The molecular formula is C36H38N2O5S. The van der Waals surface area contributed by atoms with Gasteiger partial charge in [-0.3, -0.25) is 4.98 Å². The summed E-state index contributed by atoms with van der Waals surface area (Å²) in [7, 11) is -3.32. The Hall–Kier alpha value is -4.17. The van der Waals surface area contributed by atoms with E-state index in [1.165, 1.54) is 11.1 Å². The van der Waals surface area contributed by atoms with Crippen LogP contribution >= 0.6 is 0 Å². The molecule has 7 nitrogen and oxygen atoms in total. The van der Waals surface area contributed by atoms with E-state index in [0.717, 1.165) is 59.3 Å². The van der Waals surface area contributed by atoms with E-state index in [1.807, 2.05) is 49.4 Å². The molecule has 228 valence electrons. The van der Waals surface area contributed by atoms with Gasteiger partial charge in [-0.15, -0.1) is 0 Å². The Morgan fingerprint density at radius 3 is 2.41 bits per heavy atom. The number of fused-ring (bicyclic) bond motifs is 1. The van der Waals surface area contributed by atoms with Crippen molar-refractivity contribution in [2.24, 2.45) is 0 Å². The molecule has 3 heterocycles. The summed E-state index contributed by atoms with van der Waals surface area (Å²) in [5, 5.41) is 0. The maximum atomic E-state index is 12.8. The van der Waals surface area contributed by atoms with Gasteiger partial charge in [0.1, 0.15) is 18.0 Å². The Morgan fingerprint density at radius 2 is 1.68 bits per heavy atom. The number of ether oxygens (including phenoxy) is 2. The SMILES string of the molecule is Cc1ccc(COC(=O)N2CCC3(CCc4cc(-c5ccc(CS(=O)(=O)Cc6ccccn6)cc5)ccc4O3)CC2)c(C)c1. The topological polar surface area (TPSA) is 85.8 Å². The van der Waals surface area contributed by atoms with E-state index in [0.29, 0.717) is 18.8 Å². The third-order valence-corrected chi connectivity index (χ3v) is 10.3. The van der Waals surface area contributed by atoms with Crippen molar-refractivity contribution in [1.82, 2.24) is 9.88 Å². The van der Waals surface area contributed by atoms with Crippen LogP contribution in [-0.4, -0.2) is 43.1 Å². The van der Waals surface area contributed by atoms with Gasteiger partial charge in [-0.2, -0.15) is 0 Å². The number of piperidine rings is 1. The van der Waals surface area contributed by atoms with Crippen molar-refractivity contribution in [2.45, 2.75) is 63.2 Å². The van der Waals surface area contributed by atoms with Crippen molar-refractivity contribution in [3.05, 3.63) is 119 Å². The van der Waals surface area contributed by atoms with E-state index in [2.05, 4.69) is 30.1 Å². The molecule has 4 aromatic rings. The van der Waals surface area contributed by atoms with Gasteiger partial charge in [-0.05, 0) is 84.3 Å². The number of likely N-dealkylation sites (tertiary alicyclic amines) is 1. The van der Waals surface area contributed by atoms with E-state index in [9.17, 15) is 13.2 Å². The van der Waals surface area contributed by atoms with Crippen LogP contribution in [0, 0.1) is 13.8 Å². The molecule has 0 atom stereocenters. The van der Waals surface area contributed by atoms with E-state index in [4.69, 9.17) is 9.47 Å². The highest BCUT2D eigenvalue weighted by Gasteiger charge is 2.40. The number of aromatic nitrogens is 1. The zero-order valence-electron chi connectivity index (χ0n) is 25.3. The molecule has 8 heteroatoms. The molecule has 0 unspecified atom stereocenters. The molecule has 44 heavy (non-hydrogen) atoms. The van der Waals surface area contributed by atoms with Gasteiger partial charge in [0.2, 0.25) is 0 Å². The van der Waals surface area contributed by atoms with Gasteiger partial charge in [0.05, 0.1) is 17.2 Å². The first-order chi connectivity index (χ1) is 21.2. The first kappa shape index (κ1) is 29.9. The molecule has 2 aliphatic rings. The monoisotopic (exact) mass is 610 g/mol. The van der Waals surface area contributed by atoms with Gasteiger partial charge >= 0.3 is 6.09 Å². The molecule has 2 aliphatic heterocycles. The van der Waals surface area contributed by atoms with Crippen LogP contribution in [0.4, 0.5) is 4.79 Å². The molecule has 1 fully saturated rings. The maximum absolute atomic E-state index is 12.8. The number of aryl methyl sites for hydroxylation is 3. The molecular weight excluding hydrogens is 572 g/mol. The van der Waals surface area contributed by atoms with Crippen molar-refractivity contribution in [3.8, 4) is 16.9 Å². The summed E-state index contributed by atoms with van der Waals surface area (Å²) in [5.74, 6) is 0.812. The fourth-order valence-corrected chi connectivity index (χ4v) is 7.62. The molecule has 1 spiro atoms. The van der Waals surface area contributed by atoms with E-state index >= 15 is 0 Å². The quantitative estimate of drug-likeness (QED) is 0.225. The highest BCUT2D eigenvalue weighted by Crippen LogP contribution is 2.41. The summed E-state index contributed by atoms with van der Waals surface area (Å²) >= 11 is 0. The number of pyridine rings is 1. The average Bonchev–Trinajstić information content (AvgIpc) is 3.01. The Morgan fingerprint density at radius 1 is 0.909 bits per heavy atom. The minimum atomic E-state index is -3.32. The summed E-state index contributed by atoms with van der Waals surface area (Å²) in [6, 6.07) is 25.5. The van der Waals surface area contributed by atoms with Crippen molar-refractivity contribution < 1.29 is 22.7 Å². The summed E-state index contributed by atoms with van der Waals surface area (Å²) < 4.78 is 37.6. The van der Waals surface area contributed by atoms with Gasteiger partial charge in [-0.25, -0.2) is 13.2 Å². The van der Waals surface area contributed by atoms with Crippen LogP contribution in [0.2, 0.25) is 0 Å². The Balaban J connectivity index is 1.03. The minimum absolute atomic E-state index is 0.0223. The van der Waals surface area contributed by atoms with Crippen LogP contribution in [0.1, 0.15) is 52.8 Å². The predicted octanol–water partition coefficient (Wildman–Crippen LogP) is 6.98. The lowest BCUT2D eigenvalue weighted by molar-refractivity contribution is -0.0151. The zero-order chi connectivity index (χ0) is 30.7. The number of hydrogen-bond donors (Lipinski definition) is 0. The van der Waals surface area contributed by atoms with Crippen LogP contribution in [0.15, 0.2) is 85.1 Å². The number of carbonyl (C=O) groups is 1. The summed E-state index contributed by atoms with van der Waals surface area (Å²) in [6.07, 6.45) is 4.71. The van der Waals surface area contributed by atoms with Gasteiger partial charge in [0.25, 0.3) is 0 Å².